The number of nitrogens with one attached hydrogen (secondary N) is 1. The second-order valence-corrected chi connectivity index (χ2v) is 5.88. The zero-order valence-electron chi connectivity index (χ0n) is 9.93. The van der Waals surface area contributed by atoms with Gasteiger partial charge in [0.05, 0.1) is 17.1 Å². The van der Waals surface area contributed by atoms with Crippen molar-refractivity contribution >= 4 is 33.5 Å². The number of anilines is 1. The molecule has 106 valence electrons. The van der Waals surface area contributed by atoms with Crippen molar-refractivity contribution in [3.63, 3.8) is 0 Å². The van der Waals surface area contributed by atoms with Crippen molar-refractivity contribution in [2.24, 2.45) is 0 Å². The fourth-order valence-corrected chi connectivity index (χ4v) is 2.32. The van der Waals surface area contributed by atoms with Crippen molar-refractivity contribution in [1.29, 1.82) is 0 Å². The van der Waals surface area contributed by atoms with Crippen LogP contribution in [0.3, 0.4) is 0 Å². The van der Waals surface area contributed by atoms with Gasteiger partial charge in [-0.25, -0.2) is 4.39 Å². The zero-order chi connectivity index (χ0) is 14.6. The Bertz CT molecular complexity index is 579. The summed E-state index contributed by atoms with van der Waals surface area (Å²) in [5.74, 6) is -1.76. The van der Waals surface area contributed by atoms with Crippen LogP contribution in [0.5, 0.6) is 0 Å². The molecular formula is C10H12ClFN2O4S. The lowest BCUT2D eigenvalue weighted by Crippen LogP contribution is -2.34. The van der Waals surface area contributed by atoms with Gasteiger partial charge < -0.3 is 5.11 Å². The highest BCUT2D eigenvalue weighted by atomic mass is 35.5. The van der Waals surface area contributed by atoms with E-state index in [-0.39, 0.29) is 23.7 Å². The Morgan fingerprint density at radius 2 is 2.16 bits per heavy atom. The predicted molar refractivity (Wildman–Crippen MR) is 68.8 cm³/mol. The number of benzene rings is 1. The molecule has 0 spiro atoms. The monoisotopic (exact) mass is 310 g/mol. The Hall–Kier alpha value is -1.38. The molecule has 9 heteroatoms. The molecule has 2 N–H and O–H groups in total. The van der Waals surface area contributed by atoms with E-state index in [4.69, 9.17) is 16.7 Å². The number of carboxylic acid groups (broad SMARTS) is 1. The van der Waals surface area contributed by atoms with E-state index < -0.39 is 22.0 Å². The van der Waals surface area contributed by atoms with E-state index in [2.05, 4.69) is 4.72 Å². The van der Waals surface area contributed by atoms with Crippen LogP contribution in [0.1, 0.15) is 6.42 Å². The first-order valence-electron chi connectivity index (χ1n) is 5.13. The quantitative estimate of drug-likeness (QED) is 0.834. The Kier molecular flexibility index (Phi) is 5.10. The number of carbonyl (C=O) groups is 1. The van der Waals surface area contributed by atoms with Crippen molar-refractivity contribution < 1.29 is 22.7 Å². The highest BCUT2D eigenvalue weighted by Crippen LogP contribution is 2.23. The molecule has 0 heterocycles. The van der Waals surface area contributed by atoms with Gasteiger partial charge in [0, 0.05) is 13.6 Å². The van der Waals surface area contributed by atoms with Gasteiger partial charge in [0.25, 0.3) is 0 Å². The van der Waals surface area contributed by atoms with E-state index in [1.54, 1.807) is 0 Å². The summed E-state index contributed by atoms with van der Waals surface area (Å²) < 4.78 is 39.5. The molecule has 1 aromatic rings. The van der Waals surface area contributed by atoms with Crippen LogP contribution in [-0.4, -0.2) is 37.4 Å². The van der Waals surface area contributed by atoms with E-state index in [9.17, 15) is 17.6 Å². The van der Waals surface area contributed by atoms with Crippen LogP contribution in [0.2, 0.25) is 5.02 Å². The van der Waals surface area contributed by atoms with Gasteiger partial charge in [-0.15, -0.1) is 0 Å². The maximum Gasteiger partial charge on any atom is 0.304 e. The second kappa shape index (κ2) is 6.18. The van der Waals surface area contributed by atoms with E-state index >= 15 is 0 Å². The van der Waals surface area contributed by atoms with Crippen LogP contribution in [-0.2, 0) is 15.0 Å². The first-order chi connectivity index (χ1) is 8.72. The Morgan fingerprint density at radius 3 is 2.74 bits per heavy atom. The van der Waals surface area contributed by atoms with Gasteiger partial charge in [0.2, 0.25) is 0 Å². The van der Waals surface area contributed by atoms with Gasteiger partial charge in [-0.2, -0.15) is 12.7 Å². The number of carboxylic acids is 1. The molecule has 0 saturated heterocycles. The molecular weight excluding hydrogens is 299 g/mol. The smallest absolute Gasteiger partial charge is 0.304 e. The van der Waals surface area contributed by atoms with E-state index in [0.29, 0.717) is 0 Å². The van der Waals surface area contributed by atoms with E-state index in [1.807, 2.05) is 0 Å². The molecule has 0 aromatic heterocycles. The van der Waals surface area contributed by atoms with Gasteiger partial charge >= 0.3 is 16.2 Å². The van der Waals surface area contributed by atoms with Crippen molar-refractivity contribution in [3.8, 4) is 0 Å². The maximum atomic E-state index is 13.0. The minimum absolute atomic E-state index is 0.0385. The molecule has 0 amide bonds. The number of rotatable bonds is 6. The Morgan fingerprint density at radius 1 is 1.53 bits per heavy atom. The zero-order valence-corrected chi connectivity index (χ0v) is 11.5. The maximum absolute atomic E-state index is 13.0. The summed E-state index contributed by atoms with van der Waals surface area (Å²) in [7, 11) is -2.77. The lowest BCUT2D eigenvalue weighted by atomic mass is 10.3. The number of hydrogen-bond acceptors (Lipinski definition) is 3. The normalized spacial score (nSPS) is 11.6. The van der Waals surface area contributed by atoms with Crippen LogP contribution < -0.4 is 4.72 Å². The van der Waals surface area contributed by atoms with Gasteiger partial charge in [-0.1, -0.05) is 11.6 Å². The molecule has 1 aromatic carbocycles. The molecule has 19 heavy (non-hydrogen) atoms. The summed E-state index contributed by atoms with van der Waals surface area (Å²) in [5.41, 5.74) is -0.108. The molecule has 0 fully saturated rings. The highest BCUT2D eigenvalue weighted by Gasteiger charge is 2.19. The molecule has 0 aliphatic heterocycles. The summed E-state index contributed by atoms with van der Waals surface area (Å²) in [4.78, 5) is 10.4. The van der Waals surface area contributed by atoms with Gasteiger partial charge in [-0.3, -0.25) is 9.52 Å². The average molecular weight is 311 g/mol. The summed E-state index contributed by atoms with van der Waals surface area (Å²) in [6.07, 6.45) is -0.339. The standard InChI is InChI=1S/C10H12ClFN2O4S/c1-14(5-4-10(15)16)19(17,18)13-9-6-7(12)2-3-8(9)11/h2-3,6,13H,4-5H2,1H3,(H,15,16). The SMILES string of the molecule is CN(CCC(=O)O)S(=O)(=O)Nc1cc(F)ccc1Cl. The number of nitrogens with zero attached hydrogens (tertiary/aromatic N) is 1. The summed E-state index contributed by atoms with van der Waals surface area (Å²) in [5, 5.41) is 8.52. The number of hydrogen-bond donors (Lipinski definition) is 2. The largest absolute Gasteiger partial charge is 0.481 e. The average Bonchev–Trinajstić information content (AvgIpc) is 2.30. The summed E-state index contributed by atoms with van der Waals surface area (Å²) in [6.45, 7) is -0.211. The predicted octanol–water partition coefficient (Wildman–Crippen LogP) is 1.54. The van der Waals surface area contributed by atoms with E-state index in [1.165, 1.54) is 13.1 Å². The molecule has 0 bridgehead atoms. The van der Waals surface area contributed by atoms with E-state index in [0.717, 1.165) is 16.4 Å². The number of aliphatic carboxylic acids is 1. The van der Waals surface area contributed by atoms with Crippen molar-refractivity contribution in [3.05, 3.63) is 29.0 Å². The lowest BCUT2D eigenvalue weighted by molar-refractivity contribution is -0.137. The second-order valence-electron chi connectivity index (χ2n) is 3.70. The van der Waals surface area contributed by atoms with Crippen LogP contribution in [0, 0.1) is 5.82 Å². The first-order valence-corrected chi connectivity index (χ1v) is 6.95. The topological polar surface area (TPSA) is 86.7 Å². The van der Waals surface area contributed by atoms with Gasteiger partial charge in [-0.05, 0) is 18.2 Å². The molecule has 6 nitrogen and oxygen atoms in total. The third-order valence-corrected chi connectivity index (χ3v) is 4.03. The Labute approximate surface area is 115 Å². The fraction of sp³-hybridized carbons (Fsp3) is 0.300. The van der Waals surface area contributed by atoms with Crippen LogP contribution in [0.25, 0.3) is 0 Å². The van der Waals surface area contributed by atoms with Crippen molar-refractivity contribution in [2.45, 2.75) is 6.42 Å². The van der Waals surface area contributed by atoms with Gasteiger partial charge in [0.15, 0.2) is 0 Å². The molecule has 0 unspecified atom stereocenters. The number of halogens is 2. The molecule has 0 aliphatic rings. The molecule has 0 saturated carbocycles. The first kappa shape index (κ1) is 15.7. The molecule has 0 aliphatic carbocycles. The fourth-order valence-electron chi connectivity index (χ4n) is 1.17. The molecule has 0 atom stereocenters. The summed E-state index contributed by atoms with van der Waals surface area (Å²) in [6, 6.07) is 3.24. The summed E-state index contributed by atoms with van der Waals surface area (Å²) >= 11 is 5.73. The molecule has 1 rings (SSSR count). The Balaban J connectivity index is 2.84. The van der Waals surface area contributed by atoms with Gasteiger partial charge in [0.1, 0.15) is 5.82 Å². The van der Waals surface area contributed by atoms with Crippen LogP contribution in [0.4, 0.5) is 10.1 Å². The van der Waals surface area contributed by atoms with Crippen LogP contribution >= 0.6 is 11.6 Å². The van der Waals surface area contributed by atoms with Crippen molar-refractivity contribution in [2.75, 3.05) is 18.3 Å². The molecule has 0 radical (unpaired) electrons. The van der Waals surface area contributed by atoms with Crippen molar-refractivity contribution in [1.82, 2.24) is 4.31 Å². The highest BCUT2D eigenvalue weighted by molar-refractivity contribution is 7.90. The minimum atomic E-state index is -3.98. The third-order valence-electron chi connectivity index (χ3n) is 2.22. The minimum Gasteiger partial charge on any atom is -0.481 e. The van der Waals surface area contributed by atoms with Crippen LogP contribution in [0.15, 0.2) is 18.2 Å². The lowest BCUT2D eigenvalue weighted by Gasteiger charge is -2.18. The third kappa shape index (κ3) is 4.66.